The number of nitrogens with zero attached hydrogens (tertiary/aromatic N) is 1. The molecule has 0 radical (unpaired) electrons. The van der Waals surface area contributed by atoms with Crippen molar-refractivity contribution >= 4 is 33.8 Å². The molecule has 0 unspecified atom stereocenters. The first-order valence-electron chi connectivity index (χ1n) is 8.63. The molecule has 3 rings (SSSR count). The van der Waals surface area contributed by atoms with Gasteiger partial charge >= 0.3 is 0 Å². The number of nitrogens with one attached hydrogen (secondary N) is 1. The van der Waals surface area contributed by atoms with E-state index in [1.807, 2.05) is 0 Å². The number of primary amides is 1. The van der Waals surface area contributed by atoms with E-state index in [2.05, 4.69) is 10.3 Å². The lowest BCUT2D eigenvalue weighted by Gasteiger charge is -2.18. The smallest absolute Gasteiger partial charge is 0.251 e. The van der Waals surface area contributed by atoms with Crippen LogP contribution in [0.1, 0.15) is 35.5 Å². The number of aliphatic hydroxyl groups is 1. The van der Waals surface area contributed by atoms with Gasteiger partial charge in [-0.25, -0.2) is 13.8 Å². The van der Waals surface area contributed by atoms with Gasteiger partial charge in [-0.2, -0.15) is 0 Å². The summed E-state index contributed by atoms with van der Waals surface area (Å²) in [6, 6.07) is 6.73. The third-order valence-corrected chi connectivity index (χ3v) is 5.43. The molecule has 0 spiro atoms. The standard InChI is InChI=1S/C20H20F2N4O2S/c1-9-14(23)4-5-16(25-9)26-19-11(18(24)27)8-15(29-19)17-12(21)6-10(7-13(17)22)20(2,3)28/h4-8,28H,23H2,1-3H3,(H2,24,27)(H,25,26). The fourth-order valence-electron chi connectivity index (χ4n) is 2.71. The number of anilines is 3. The Labute approximate surface area is 170 Å². The second kappa shape index (κ2) is 7.41. The number of amides is 1. The number of nitrogens with two attached hydrogens (primary N) is 2. The van der Waals surface area contributed by atoms with Crippen LogP contribution in [0.4, 0.5) is 25.3 Å². The summed E-state index contributed by atoms with van der Waals surface area (Å²) < 4.78 is 29.4. The van der Waals surface area contributed by atoms with E-state index in [9.17, 15) is 18.7 Å². The first kappa shape index (κ1) is 20.7. The summed E-state index contributed by atoms with van der Waals surface area (Å²) in [4.78, 5) is 16.3. The van der Waals surface area contributed by atoms with Crippen LogP contribution < -0.4 is 16.8 Å². The molecule has 0 aliphatic carbocycles. The summed E-state index contributed by atoms with van der Waals surface area (Å²) >= 11 is 0.962. The molecule has 3 aromatic rings. The predicted octanol–water partition coefficient (Wildman–Crippen LogP) is 4.05. The van der Waals surface area contributed by atoms with E-state index in [1.165, 1.54) is 19.9 Å². The molecule has 29 heavy (non-hydrogen) atoms. The second-order valence-electron chi connectivity index (χ2n) is 7.09. The minimum Gasteiger partial charge on any atom is -0.397 e. The highest BCUT2D eigenvalue weighted by Gasteiger charge is 2.24. The van der Waals surface area contributed by atoms with Gasteiger partial charge in [0.15, 0.2) is 0 Å². The molecular weight excluding hydrogens is 398 g/mol. The van der Waals surface area contributed by atoms with Crippen LogP contribution in [-0.4, -0.2) is 16.0 Å². The molecule has 6 nitrogen and oxygen atoms in total. The lowest BCUT2D eigenvalue weighted by atomic mass is 9.96. The van der Waals surface area contributed by atoms with Crippen molar-refractivity contribution in [2.75, 3.05) is 11.1 Å². The van der Waals surface area contributed by atoms with Crippen LogP contribution in [0, 0.1) is 18.6 Å². The van der Waals surface area contributed by atoms with Gasteiger partial charge in [0.25, 0.3) is 5.91 Å². The van der Waals surface area contributed by atoms with Crippen LogP contribution in [0.15, 0.2) is 30.3 Å². The average molecular weight is 418 g/mol. The minimum absolute atomic E-state index is 0.0756. The maximum atomic E-state index is 14.7. The molecule has 0 atom stereocenters. The van der Waals surface area contributed by atoms with Gasteiger partial charge in [-0.05, 0) is 56.7 Å². The van der Waals surface area contributed by atoms with E-state index < -0.39 is 23.1 Å². The molecule has 0 aliphatic heterocycles. The van der Waals surface area contributed by atoms with Crippen molar-refractivity contribution in [2.45, 2.75) is 26.4 Å². The first-order valence-corrected chi connectivity index (χ1v) is 9.45. The molecule has 1 aromatic carbocycles. The molecular formula is C20H20F2N4O2S. The van der Waals surface area contributed by atoms with Gasteiger partial charge in [0.05, 0.1) is 28.1 Å². The zero-order valence-electron chi connectivity index (χ0n) is 16.0. The lowest BCUT2D eigenvalue weighted by Crippen LogP contribution is -2.16. The monoisotopic (exact) mass is 418 g/mol. The van der Waals surface area contributed by atoms with Crippen molar-refractivity contribution in [3.8, 4) is 10.4 Å². The number of hydrogen-bond acceptors (Lipinski definition) is 6. The highest BCUT2D eigenvalue weighted by molar-refractivity contribution is 7.20. The van der Waals surface area contributed by atoms with Gasteiger partial charge in [-0.1, -0.05) is 0 Å². The molecule has 0 fully saturated rings. The van der Waals surface area contributed by atoms with Crippen molar-refractivity contribution in [1.82, 2.24) is 4.98 Å². The summed E-state index contributed by atoms with van der Waals surface area (Å²) in [5.74, 6) is -2.05. The zero-order chi connectivity index (χ0) is 21.5. The Morgan fingerprint density at radius 2 is 1.83 bits per heavy atom. The van der Waals surface area contributed by atoms with Gasteiger partial charge < -0.3 is 21.9 Å². The number of thiophene rings is 1. The molecule has 0 aliphatic rings. The van der Waals surface area contributed by atoms with E-state index in [0.29, 0.717) is 22.2 Å². The summed E-state index contributed by atoms with van der Waals surface area (Å²) in [5, 5.41) is 13.3. The summed E-state index contributed by atoms with van der Waals surface area (Å²) in [6.45, 7) is 4.59. The van der Waals surface area contributed by atoms with Crippen molar-refractivity contribution in [1.29, 1.82) is 0 Å². The predicted molar refractivity (Wildman–Crippen MR) is 110 cm³/mol. The lowest BCUT2D eigenvalue weighted by molar-refractivity contribution is 0.0778. The number of nitrogen functional groups attached to an aromatic ring is 1. The second-order valence-corrected chi connectivity index (χ2v) is 8.14. The molecule has 152 valence electrons. The van der Waals surface area contributed by atoms with Gasteiger partial charge in [0, 0.05) is 4.88 Å². The molecule has 2 heterocycles. The number of carbonyl (C=O) groups excluding carboxylic acids is 1. The Balaban J connectivity index is 2.07. The van der Waals surface area contributed by atoms with Gasteiger partial charge in [-0.15, -0.1) is 11.3 Å². The van der Waals surface area contributed by atoms with E-state index in [-0.39, 0.29) is 21.6 Å². The summed E-state index contributed by atoms with van der Waals surface area (Å²) in [7, 11) is 0. The van der Waals surface area contributed by atoms with Gasteiger partial charge in [-0.3, -0.25) is 4.79 Å². The Bertz CT molecular complexity index is 1080. The van der Waals surface area contributed by atoms with Crippen LogP contribution in [-0.2, 0) is 5.60 Å². The number of benzene rings is 1. The Hall–Kier alpha value is -3.04. The number of pyridine rings is 1. The highest BCUT2D eigenvalue weighted by atomic mass is 32.1. The van der Waals surface area contributed by atoms with Crippen LogP contribution in [0.25, 0.3) is 10.4 Å². The number of rotatable bonds is 5. The largest absolute Gasteiger partial charge is 0.397 e. The zero-order valence-corrected chi connectivity index (χ0v) is 16.8. The van der Waals surface area contributed by atoms with Crippen LogP contribution in [0.3, 0.4) is 0 Å². The van der Waals surface area contributed by atoms with Crippen LogP contribution in [0.2, 0.25) is 0 Å². The fourth-order valence-corrected chi connectivity index (χ4v) is 3.83. The number of aryl methyl sites for hydroxylation is 1. The summed E-state index contributed by atoms with van der Waals surface area (Å²) in [6.07, 6.45) is 0. The average Bonchev–Trinajstić information content (AvgIpc) is 3.00. The van der Waals surface area contributed by atoms with E-state index in [0.717, 1.165) is 23.5 Å². The number of aromatic nitrogens is 1. The SMILES string of the molecule is Cc1nc(Nc2sc(-c3c(F)cc(C(C)(C)O)cc3F)cc2C(N)=O)ccc1N. The molecule has 0 saturated carbocycles. The number of carbonyl (C=O) groups is 1. The molecule has 1 amide bonds. The molecule has 9 heteroatoms. The molecule has 6 N–H and O–H groups in total. The van der Waals surface area contributed by atoms with Gasteiger partial charge in [0.2, 0.25) is 0 Å². The normalized spacial score (nSPS) is 11.5. The maximum Gasteiger partial charge on any atom is 0.251 e. The Morgan fingerprint density at radius 3 is 2.34 bits per heavy atom. The Morgan fingerprint density at radius 1 is 1.21 bits per heavy atom. The van der Waals surface area contributed by atoms with E-state index >= 15 is 0 Å². The molecule has 0 saturated heterocycles. The molecule has 0 bridgehead atoms. The first-order chi connectivity index (χ1) is 13.5. The maximum absolute atomic E-state index is 14.7. The highest BCUT2D eigenvalue weighted by Crippen LogP contribution is 2.40. The van der Waals surface area contributed by atoms with Crippen molar-refractivity contribution in [3.05, 3.63) is 58.8 Å². The van der Waals surface area contributed by atoms with Gasteiger partial charge in [0.1, 0.15) is 22.5 Å². The van der Waals surface area contributed by atoms with Crippen LogP contribution in [0.5, 0.6) is 0 Å². The fraction of sp³-hybridized carbons (Fsp3) is 0.200. The van der Waals surface area contributed by atoms with Crippen LogP contribution >= 0.6 is 11.3 Å². The van der Waals surface area contributed by atoms with Crippen molar-refractivity contribution < 1.29 is 18.7 Å². The van der Waals surface area contributed by atoms with E-state index in [4.69, 9.17) is 11.5 Å². The van der Waals surface area contributed by atoms with Crippen molar-refractivity contribution in [3.63, 3.8) is 0 Å². The van der Waals surface area contributed by atoms with Crippen molar-refractivity contribution in [2.24, 2.45) is 5.73 Å². The number of hydrogen-bond donors (Lipinski definition) is 4. The summed E-state index contributed by atoms with van der Waals surface area (Å²) in [5.41, 5.74) is 10.8. The topological polar surface area (TPSA) is 114 Å². The van der Waals surface area contributed by atoms with E-state index in [1.54, 1.807) is 19.1 Å². The third-order valence-electron chi connectivity index (χ3n) is 4.36. The molecule has 2 aromatic heterocycles. The number of halogens is 2. The minimum atomic E-state index is -1.40. The quantitative estimate of drug-likeness (QED) is 0.499. The third kappa shape index (κ3) is 4.20. The Kier molecular flexibility index (Phi) is 5.29.